The molecule has 15 heavy (non-hydrogen) atoms. The molecule has 0 spiro atoms. The highest BCUT2D eigenvalue weighted by Crippen LogP contribution is 2.07. The summed E-state index contributed by atoms with van der Waals surface area (Å²) in [6.45, 7) is 0.483. The van der Waals surface area contributed by atoms with Crippen LogP contribution in [0, 0.1) is 0 Å². The highest BCUT2D eigenvalue weighted by atomic mass is 32.2. The summed E-state index contributed by atoms with van der Waals surface area (Å²) in [5.74, 6) is 0. The molecule has 0 unspecified atom stereocenters. The maximum absolute atomic E-state index is 8.05. The Morgan fingerprint density at radius 2 is 2.27 bits per heavy atom. The zero-order chi connectivity index (χ0) is 10.9. The summed E-state index contributed by atoms with van der Waals surface area (Å²) in [7, 11) is 0. The van der Waals surface area contributed by atoms with Crippen LogP contribution in [0.1, 0.15) is 12.0 Å². The lowest BCUT2D eigenvalue weighted by Crippen LogP contribution is -1.85. The van der Waals surface area contributed by atoms with E-state index in [1.165, 1.54) is 11.8 Å². The van der Waals surface area contributed by atoms with Gasteiger partial charge in [-0.25, -0.2) is 9.97 Å². The molecule has 0 aliphatic carbocycles. The Morgan fingerprint density at radius 1 is 1.53 bits per heavy atom. The Balaban J connectivity index is 2.46. The lowest BCUT2D eigenvalue weighted by Gasteiger charge is -1.94. The lowest BCUT2D eigenvalue weighted by molar-refractivity contribution is 0.963. The summed E-state index contributed by atoms with van der Waals surface area (Å²) in [6.07, 6.45) is 10.0. The van der Waals surface area contributed by atoms with Gasteiger partial charge in [-0.3, -0.25) is 0 Å². The predicted octanol–water partition coefficient (Wildman–Crippen LogP) is 2.91. The number of rotatable bonds is 5. The quantitative estimate of drug-likeness (QED) is 0.191. The summed E-state index contributed by atoms with van der Waals surface area (Å²) in [5.41, 5.74) is 9.00. The molecule has 0 atom stereocenters. The molecule has 78 valence electrons. The fourth-order valence-corrected chi connectivity index (χ4v) is 1.23. The third kappa shape index (κ3) is 4.49. The van der Waals surface area contributed by atoms with E-state index < -0.39 is 0 Å². The van der Waals surface area contributed by atoms with Gasteiger partial charge >= 0.3 is 0 Å². The Hall–Kier alpha value is -1.52. The first-order valence-corrected chi connectivity index (χ1v) is 5.62. The largest absolute Gasteiger partial charge is 0.231 e. The first-order chi connectivity index (χ1) is 7.36. The van der Waals surface area contributed by atoms with Crippen LogP contribution in [-0.4, -0.2) is 22.8 Å². The van der Waals surface area contributed by atoms with E-state index in [-0.39, 0.29) is 0 Å². The Morgan fingerprint density at radius 3 is 2.87 bits per heavy atom. The molecule has 0 saturated carbocycles. The van der Waals surface area contributed by atoms with Gasteiger partial charge in [-0.2, -0.15) is 0 Å². The van der Waals surface area contributed by atoms with Gasteiger partial charge < -0.3 is 0 Å². The van der Waals surface area contributed by atoms with E-state index in [1.54, 1.807) is 12.4 Å². The van der Waals surface area contributed by atoms with Gasteiger partial charge in [-0.1, -0.05) is 29.0 Å². The molecule has 0 N–H and O–H groups in total. The average molecular weight is 221 g/mol. The fourth-order valence-electron chi connectivity index (χ4n) is 0.914. The number of hydrogen-bond acceptors (Lipinski definition) is 4. The first-order valence-electron chi connectivity index (χ1n) is 4.40. The summed E-state index contributed by atoms with van der Waals surface area (Å²) in [5, 5.41) is 4.19. The first kappa shape index (κ1) is 11.6. The maximum atomic E-state index is 8.05. The van der Waals surface area contributed by atoms with Crippen molar-refractivity contribution in [3.8, 4) is 0 Å². The summed E-state index contributed by atoms with van der Waals surface area (Å²) in [4.78, 5) is 10.9. The van der Waals surface area contributed by atoms with Gasteiger partial charge in [-0.15, -0.1) is 0 Å². The van der Waals surface area contributed by atoms with Crippen molar-refractivity contribution in [3.05, 3.63) is 34.5 Å². The molecule has 0 amide bonds. The second-order valence-electron chi connectivity index (χ2n) is 2.65. The van der Waals surface area contributed by atoms with Gasteiger partial charge in [0.05, 0.1) is 0 Å². The van der Waals surface area contributed by atoms with Crippen molar-refractivity contribution >= 4 is 17.8 Å². The minimum atomic E-state index is 0.483. The minimum Gasteiger partial charge on any atom is -0.231 e. The molecule has 0 bridgehead atoms. The van der Waals surface area contributed by atoms with Crippen LogP contribution in [0.5, 0.6) is 0 Å². The van der Waals surface area contributed by atoms with Gasteiger partial charge in [0, 0.05) is 29.4 Å². The van der Waals surface area contributed by atoms with E-state index in [4.69, 9.17) is 5.53 Å². The maximum Gasteiger partial charge on any atom is 0.187 e. The number of nitrogens with zero attached hydrogens (tertiary/aromatic N) is 5. The van der Waals surface area contributed by atoms with Crippen LogP contribution < -0.4 is 0 Å². The van der Waals surface area contributed by atoms with E-state index in [1.807, 2.05) is 18.4 Å². The van der Waals surface area contributed by atoms with E-state index in [0.717, 1.165) is 17.1 Å². The second-order valence-corrected chi connectivity index (χ2v) is 3.42. The molecule has 1 heterocycles. The molecular weight excluding hydrogens is 210 g/mol. The number of azide groups is 1. The normalized spacial score (nSPS) is 10.2. The average Bonchev–Trinajstić information content (AvgIpc) is 2.30. The van der Waals surface area contributed by atoms with Crippen LogP contribution in [-0.2, 0) is 0 Å². The third-order valence-corrected chi connectivity index (χ3v) is 2.18. The second kappa shape index (κ2) is 6.86. The lowest BCUT2D eigenvalue weighted by atomic mass is 10.3. The van der Waals surface area contributed by atoms with Crippen LogP contribution in [0.4, 0.5) is 0 Å². The molecule has 0 saturated heterocycles. The Labute approximate surface area is 92.3 Å². The van der Waals surface area contributed by atoms with E-state index in [0.29, 0.717) is 6.54 Å². The van der Waals surface area contributed by atoms with Crippen LogP contribution >= 0.6 is 11.8 Å². The summed E-state index contributed by atoms with van der Waals surface area (Å²) in [6, 6.07) is 0. The Kier molecular flexibility index (Phi) is 5.29. The molecular formula is C9H11N5S. The topological polar surface area (TPSA) is 74.5 Å². The van der Waals surface area contributed by atoms with Crippen molar-refractivity contribution in [2.75, 3.05) is 12.8 Å². The van der Waals surface area contributed by atoms with Crippen LogP contribution in [0.2, 0.25) is 0 Å². The summed E-state index contributed by atoms with van der Waals surface area (Å²) >= 11 is 1.51. The van der Waals surface area contributed by atoms with Crippen LogP contribution in [0.25, 0.3) is 16.5 Å². The molecule has 1 aromatic rings. The van der Waals surface area contributed by atoms with Crippen molar-refractivity contribution in [2.45, 2.75) is 11.6 Å². The highest BCUT2D eigenvalue weighted by Gasteiger charge is 1.91. The fraction of sp³-hybridized carbons (Fsp3) is 0.333. The molecule has 0 aromatic carbocycles. The van der Waals surface area contributed by atoms with E-state index in [9.17, 15) is 0 Å². The van der Waals surface area contributed by atoms with Crippen molar-refractivity contribution < 1.29 is 0 Å². The molecule has 1 rings (SSSR count). The SMILES string of the molecule is CSc1ncc(C=CCCN=[N+]=[N-])cn1. The van der Waals surface area contributed by atoms with Gasteiger partial charge in [-0.05, 0) is 18.2 Å². The Bertz CT molecular complexity index is 367. The van der Waals surface area contributed by atoms with Crippen LogP contribution in [0.15, 0.2) is 28.7 Å². The van der Waals surface area contributed by atoms with Gasteiger partial charge in [0.2, 0.25) is 0 Å². The molecule has 0 fully saturated rings. The monoisotopic (exact) mass is 221 g/mol. The van der Waals surface area contributed by atoms with Crippen molar-refractivity contribution in [2.24, 2.45) is 5.11 Å². The van der Waals surface area contributed by atoms with Gasteiger partial charge in [0.25, 0.3) is 0 Å². The van der Waals surface area contributed by atoms with Crippen molar-refractivity contribution in [1.82, 2.24) is 9.97 Å². The number of thioether (sulfide) groups is 1. The van der Waals surface area contributed by atoms with E-state index >= 15 is 0 Å². The standard InChI is InChI=1S/C9H11N5S/c1-15-9-11-6-8(7-12-9)4-2-3-5-13-14-10/h2,4,6-7H,3,5H2,1H3. The zero-order valence-corrected chi connectivity index (χ0v) is 9.18. The van der Waals surface area contributed by atoms with Gasteiger partial charge in [0.1, 0.15) is 0 Å². The predicted molar refractivity (Wildman–Crippen MR) is 61.5 cm³/mol. The molecule has 6 heteroatoms. The minimum absolute atomic E-state index is 0.483. The molecule has 0 aliphatic rings. The highest BCUT2D eigenvalue weighted by molar-refractivity contribution is 7.98. The number of aromatic nitrogens is 2. The number of hydrogen-bond donors (Lipinski definition) is 0. The molecule has 0 aliphatic heterocycles. The smallest absolute Gasteiger partial charge is 0.187 e. The summed E-state index contributed by atoms with van der Waals surface area (Å²) < 4.78 is 0. The van der Waals surface area contributed by atoms with Gasteiger partial charge in [0.15, 0.2) is 5.16 Å². The third-order valence-electron chi connectivity index (χ3n) is 1.60. The molecule has 0 radical (unpaired) electrons. The van der Waals surface area contributed by atoms with E-state index in [2.05, 4.69) is 20.0 Å². The zero-order valence-electron chi connectivity index (χ0n) is 8.37. The molecule has 5 nitrogen and oxygen atoms in total. The van der Waals surface area contributed by atoms with Crippen LogP contribution in [0.3, 0.4) is 0 Å². The van der Waals surface area contributed by atoms with Crippen molar-refractivity contribution in [1.29, 1.82) is 0 Å². The van der Waals surface area contributed by atoms with Crippen molar-refractivity contribution in [3.63, 3.8) is 0 Å². The molecule has 1 aromatic heterocycles.